The lowest BCUT2D eigenvalue weighted by Gasteiger charge is -2.28. The Balaban J connectivity index is 1.75. The van der Waals surface area contributed by atoms with E-state index in [1.165, 1.54) is 37.7 Å². The van der Waals surface area contributed by atoms with Gasteiger partial charge in [0.05, 0.1) is 6.61 Å². The highest BCUT2D eigenvalue weighted by molar-refractivity contribution is 5.85. The van der Waals surface area contributed by atoms with Crippen molar-refractivity contribution >= 4 is 10.8 Å². The average Bonchev–Trinajstić information content (AvgIpc) is 2.62. The lowest BCUT2D eigenvalue weighted by atomic mass is 9.77. The Morgan fingerprint density at radius 3 is 2.67 bits per heavy atom. The highest BCUT2D eigenvalue weighted by atomic mass is 19.1. The van der Waals surface area contributed by atoms with Crippen LogP contribution in [0, 0.1) is 11.7 Å². The fourth-order valence-electron chi connectivity index (χ4n) is 3.95. The largest absolute Gasteiger partial charge is 0.491 e. The SMILES string of the molecule is C=CCCC1CCC(c2ccc3c(F)c(OCC)ccc3c2)CC1. The van der Waals surface area contributed by atoms with Gasteiger partial charge in [-0.1, -0.05) is 30.3 Å². The van der Waals surface area contributed by atoms with Crippen molar-refractivity contribution in [1.29, 1.82) is 0 Å². The maximum absolute atomic E-state index is 14.5. The van der Waals surface area contributed by atoms with E-state index in [0.717, 1.165) is 17.7 Å². The maximum atomic E-state index is 14.5. The molecule has 3 rings (SSSR count). The standard InChI is InChI=1S/C22H27FO/c1-3-5-6-16-7-9-17(10-8-16)18-11-13-20-19(15-18)12-14-21(22(20)23)24-4-2/h3,11-17H,1,4-10H2,2H3. The van der Waals surface area contributed by atoms with Crippen LogP contribution in [-0.2, 0) is 0 Å². The van der Waals surface area contributed by atoms with E-state index in [0.29, 0.717) is 23.7 Å². The van der Waals surface area contributed by atoms with Gasteiger partial charge in [-0.2, -0.15) is 0 Å². The molecule has 0 N–H and O–H groups in total. The van der Waals surface area contributed by atoms with Gasteiger partial charge in [0, 0.05) is 5.39 Å². The molecule has 0 spiro atoms. The first-order valence-corrected chi connectivity index (χ1v) is 9.18. The molecule has 1 saturated carbocycles. The molecule has 0 saturated heterocycles. The molecule has 128 valence electrons. The van der Waals surface area contributed by atoms with E-state index in [4.69, 9.17) is 4.74 Å². The van der Waals surface area contributed by atoms with Crippen LogP contribution in [0.3, 0.4) is 0 Å². The maximum Gasteiger partial charge on any atom is 0.172 e. The van der Waals surface area contributed by atoms with Crippen molar-refractivity contribution in [2.45, 2.75) is 51.4 Å². The van der Waals surface area contributed by atoms with Gasteiger partial charge in [-0.15, -0.1) is 6.58 Å². The fourth-order valence-corrected chi connectivity index (χ4v) is 3.95. The van der Waals surface area contributed by atoms with Crippen LogP contribution in [0.5, 0.6) is 5.75 Å². The van der Waals surface area contributed by atoms with Crippen molar-refractivity contribution < 1.29 is 9.13 Å². The van der Waals surface area contributed by atoms with Crippen molar-refractivity contribution in [2.24, 2.45) is 5.92 Å². The number of benzene rings is 2. The molecule has 1 nitrogen and oxygen atoms in total. The van der Waals surface area contributed by atoms with Crippen LogP contribution in [0.4, 0.5) is 4.39 Å². The summed E-state index contributed by atoms with van der Waals surface area (Å²) < 4.78 is 19.8. The summed E-state index contributed by atoms with van der Waals surface area (Å²) in [6, 6.07) is 9.92. The minimum absolute atomic E-state index is 0.242. The molecule has 0 radical (unpaired) electrons. The van der Waals surface area contributed by atoms with Crippen LogP contribution >= 0.6 is 0 Å². The Kier molecular flexibility index (Phi) is 5.55. The smallest absolute Gasteiger partial charge is 0.172 e. The second-order valence-electron chi connectivity index (χ2n) is 6.87. The molecule has 1 fully saturated rings. The van der Waals surface area contributed by atoms with E-state index < -0.39 is 0 Å². The van der Waals surface area contributed by atoms with E-state index in [1.54, 1.807) is 6.07 Å². The Bertz CT molecular complexity index is 698. The summed E-state index contributed by atoms with van der Waals surface area (Å²) in [6.45, 7) is 6.18. The highest BCUT2D eigenvalue weighted by Crippen LogP contribution is 2.39. The second kappa shape index (κ2) is 7.83. The van der Waals surface area contributed by atoms with Gasteiger partial charge in [-0.3, -0.25) is 0 Å². The first kappa shape index (κ1) is 17.0. The average molecular weight is 326 g/mol. The third-order valence-corrected chi connectivity index (χ3v) is 5.34. The molecule has 0 unspecified atom stereocenters. The lowest BCUT2D eigenvalue weighted by molar-refractivity contribution is 0.312. The first-order valence-electron chi connectivity index (χ1n) is 9.18. The number of ether oxygens (including phenoxy) is 1. The van der Waals surface area contributed by atoms with E-state index in [2.05, 4.69) is 18.7 Å². The molecule has 0 aromatic heterocycles. The summed E-state index contributed by atoms with van der Waals surface area (Å²) in [6.07, 6.45) is 9.52. The number of rotatable bonds is 6. The zero-order chi connectivity index (χ0) is 16.9. The predicted molar refractivity (Wildman–Crippen MR) is 99.2 cm³/mol. The molecule has 0 atom stereocenters. The zero-order valence-electron chi connectivity index (χ0n) is 14.6. The molecule has 1 aliphatic rings. The van der Waals surface area contributed by atoms with Crippen LogP contribution in [0.1, 0.15) is 56.9 Å². The molecular formula is C22H27FO. The van der Waals surface area contributed by atoms with Crippen molar-refractivity contribution in [3.8, 4) is 5.75 Å². The van der Waals surface area contributed by atoms with Gasteiger partial charge in [-0.25, -0.2) is 4.39 Å². The molecule has 24 heavy (non-hydrogen) atoms. The monoisotopic (exact) mass is 326 g/mol. The highest BCUT2D eigenvalue weighted by Gasteiger charge is 2.22. The number of hydrogen-bond donors (Lipinski definition) is 0. The van der Waals surface area contributed by atoms with Gasteiger partial charge in [0.1, 0.15) is 0 Å². The van der Waals surface area contributed by atoms with Gasteiger partial charge in [0.2, 0.25) is 0 Å². The van der Waals surface area contributed by atoms with Crippen LogP contribution in [-0.4, -0.2) is 6.61 Å². The number of hydrogen-bond acceptors (Lipinski definition) is 1. The zero-order valence-corrected chi connectivity index (χ0v) is 14.6. The summed E-state index contributed by atoms with van der Waals surface area (Å²) in [7, 11) is 0. The van der Waals surface area contributed by atoms with E-state index >= 15 is 0 Å². The number of fused-ring (bicyclic) bond motifs is 1. The summed E-state index contributed by atoms with van der Waals surface area (Å²) in [5, 5.41) is 1.63. The molecular weight excluding hydrogens is 299 g/mol. The molecule has 0 amide bonds. The first-order chi connectivity index (χ1) is 11.7. The molecule has 2 heteroatoms. The quantitative estimate of drug-likeness (QED) is 0.542. The summed E-state index contributed by atoms with van der Waals surface area (Å²) >= 11 is 0. The molecule has 2 aromatic rings. The van der Waals surface area contributed by atoms with Crippen molar-refractivity contribution in [3.05, 3.63) is 54.4 Å². The predicted octanol–water partition coefficient (Wildman–Crippen LogP) is 6.62. The van der Waals surface area contributed by atoms with Gasteiger partial charge in [0.25, 0.3) is 0 Å². The Morgan fingerprint density at radius 1 is 1.17 bits per heavy atom. The van der Waals surface area contributed by atoms with Crippen LogP contribution in [0.15, 0.2) is 43.0 Å². The molecule has 0 aliphatic heterocycles. The Hall–Kier alpha value is -1.83. The summed E-state index contributed by atoms with van der Waals surface area (Å²) in [5.74, 6) is 1.57. The van der Waals surface area contributed by atoms with E-state index in [9.17, 15) is 4.39 Å². The second-order valence-corrected chi connectivity index (χ2v) is 6.87. The van der Waals surface area contributed by atoms with Crippen LogP contribution < -0.4 is 4.74 Å². The summed E-state index contributed by atoms with van der Waals surface area (Å²) in [5.41, 5.74) is 1.35. The minimum Gasteiger partial charge on any atom is -0.491 e. The molecule has 2 aromatic carbocycles. The van der Waals surface area contributed by atoms with Crippen LogP contribution in [0.25, 0.3) is 10.8 Å². The van der Waals surface area contributed by atoms with Crippen molar-refractivity contribution in [3.63, 3.8) is 0 Å². The van der Waals surface area contributed by atoms with Gasteiger partial charge < -0.3 is 4.74 Å². The third-order valence-electron chi connectivity index (χ3n) is 5.34. The summed E-state index contributed by atoms with van der Waals surface area (Å²) in [4.78, 5) is 0. The topological polar surface area (TPSA) is 9.23 Å². The number of allylic oxidation sites excluding steroid dienone is 1. The van der Waals surface area contributed by atoms with Gasteiger partial charge in [-0.05, 0) is 74.3 Å². The molecule has 1 aliphatic carbocycles. The van der Waals surface area contributed by atoms with Crippen LogP contribution in [0.2, 0.25) is 0 Å². The lowest BCUT2D eigenvalue weighted by Crippen LogP contribution is -2.13. The normalized spacial score (nSPS) is 20.9. The fraction of sp³-hybridized carbons (Fsp3) is 0.455. The Morgan fingerprint density at radius 2 is 1.96 bits per heavy atom. The molecule has 0 heterocycles. The van der Waals surface area contributed by atoms with Gasteiger partial charge >= 0.3 is 0 Å². The van der Waals surface area contributed by atoms with E-state index in [-0.39, 0.29) is 5.82 Å². The molecule has 0 bridgehead atoms. The van der Waals surface area contributed by atoms with E-state index in [1.807, 2.05) is 25.1 Å². The third kappa shape index (κ3) is 3.63. The van der Waals surface area contributed by atoms with Crippen molar-refractivity contribution in [2.75, 3.05) is 6.61 Å². The minimum atomic E-state index is -0.242. The number of halogens is 1. The van der Waals surface area contributed by atoms with Crippen molar-refractivity contribution in [1.82, 2.24) is 0 Å². The van der Waals surface area contributed by atoms with Gasteiger partial charge in [0.15, 0.2) is 11.6 Å². The Labute approximate surface area is 144 Å².